The van der Waals surface area contributed by atoms with E-state index in [4.69, 9.17) is 9.84 Å². The van der Waals surface area contributed by atoms with Gasteiger partial charge in [0.2, 0.25) is 0 Å². The maximum atomic E-state index is 11.3. The number of carboxylic acids is 1. The molecule has 0 heterocycles. The van der Waals surface area contributed by atoms with Crippen LogP contribution in [0.5, 0.6) is 5.75 Å². The van der Waals surface area contributed by atoms with Gasteiger partial charge < -0.3 is 14.6 Å². The van der Waals surface area contributed by atoms with Crippen LogP contribution >= 0.6 is 0 Å². The molecule has 0 spiro atoms. The summed E-state index contributed by atoms with van der Waals surface area (Å²) >= 11 is 0. The van der Waals surface area contributed by atoms with Gasteiger partial charge in [0, 0.05) is 17.7 Å². The van der Waals surface area contributed by atoms with Crippen LogP contribution in [0, 0.1) is 10.1 Å². The van der Waals surface area contributed by atoms with E-state index in [0.717, 1.165) is 6.07 Å². The highest BCUT2D eigenvalue weighted by Crippen LogP contribution is 2.30. The highest BCUT2D eigenvalue weighted by molar-refractivity contribution is 5.92. The Morgan fingerprint density at radius 3 is 2.48 bits per heavy atom. The second kappa shape index (κ2) is 7.22. The molecule has 21 heavy (non-hydrogen) atoms. The number of aryl methyl sites for hydroxylation is 1. The molecule has 0 bridgehead atoms. The standard InChI is InChI=1S/C13H15NO7/c1-3-8-5-9(14(18)19)6-10(13(16)17)12(8)21-7-11(15)20-4-2/h5-6H,3-4,7H2,1-2H3,(H,16,17). The predicted octanol–water partition coefficient (Wildman–Crippen LogP) is 1.80. The fourth-order valence-electron chi connectivity index (χ4n) is 1.70. The first-order valence-corrected chi connectivity index (χ1v) is 6.23. The van der Waals surface area contributed by atoms with Crippen molar-refractivity contribution < 1.29 is 29.1 Å². The third-order valence-electron chi connectivity index (χ3n) is 2.61. The minimum Gasteiger partial charge on any atom is -0.481 e. The van der Waals surface area contributed by atoms with E-state index in [1.165, 1.54) is 6.07 Å². The number of nitro benzene ring substituents is 1. The Morgan fingerprint density at radius 1 is 1.33 bits per heavy atom. The molecule has 8 heteroatoms. The molecule has 0 aliphatic heterocycles. The number of hydrogen-bond acceptors (Lipinski definition) is 6. The molecule has 0 unspecified atom stereocenters. The summed E-state index contributed by atoms with van der Waals surface area (Å²) in [6.45, 7) is 3.04. The zero-order chi connectivity index (χ0) is 16.0. The van der Waals surface area contributed by atoms with Crippen molar-refractivity contribution in [3.63, 3.8) is 0 Å². The van der Waals surface area contributed by atoms with Gasteiger partial charge in [-0.2, -0.15) is 0 Å². The molecule has 114 valence electrons. The Hall–Kier alpha value is -2.64. The quantitative estimate of drug-likeness (QED) is 0.463. The van der Waals surface area contributed by atoms with Crippen molar-refractivity contribution in [3.8, 4) is 5.75 Å². The molecule has 1 rings (SSSR count). The van der Waals surface area contributed by atoms with Gasteiger partial charge in [0.1, 0.15) is 11.3 Å². The minimum absolute atomic E-state index is 0.0522. The predicted molar refractivity (Wildman–Crippen MR) is 71.6 cm³/mol. The lowest BCUT2D eigenvalue weighted by Gasteiger charge is -2.12. The normalized spacial score (nSPS) is 10.0. The molecule has 0 atom stereocenters. The first kappa shape index (κ1) is 16.4. The number of ether oxygens (including phenoxy) is 2. The molecule has 0 saturated carbocycles. The van der Waals surface area contributed by atoms with E-state index in [9.17, 15) is 19.7 Å². The summed E-state index contributed by atoms with van der Waals surface area (Å²) in [5.41, 5.74) is -0.357. The average molecular weight is 297 g/mol. The number of esters is 1. The Morgan fingerprint density at radius 2 is 2.00 bits per heavy atom. The van der Waals surface area contributed by atoms with E-state index in [0.29, 0.717) is 12.0 Å². The van der Waals surface area contributed by atoms with Gasteiger partial charge in [-0.15, -0.1) is 0 Å². The van der Waals surface area contributed by atoms with Gasteiger partial charge >= 0.3 is 11.9 Å². The van der Waals surface area contributed by atoms with Crippen molar-refractivity contribution in [3.05, 3.63) is 33.4 Å². The minimum atomic E-state index is -1.37. The summed E-state index contributed by atoms with van der Waals surface area (Å²) < 4.78 is 9.87. The van der Waals surface area contributed by atoms with Crippen LogP contribution in [0.1, 0.15) is 29.8 Å². The van der Waals surface area contributed by atoms with Crippen LogP contribution in [0.25, 0.3) is 0 Å². The molecule has 0 aliphatic rings. The van der Waals surface area contributed by atoms with Gasteiger partial charge in [-0.3, -0.25) is 10.1 Å². The molecule has 0 aromatic heterocycles. The molecule has 1 N–H and O–H groups in total. The third kappa shape index (κ3) is 4.16. The zero-order valence-corrected chi connectivity index (χ0v) is 11.6. The molecule has 0 fully saturated rings. The van der Waals surface area contributed by atoms with Crippen LogP contribution in [0.4, 0.5) is 5.69 Å². The third-order valence-corrected chi connectivity index (χ3v) is 2.61. The number of carboxylic acid groups (broad SMARTS) is 1. The Kier molecular flexibility index (Phi) is 5.65. The van der Waals surface area contributed by atoms with Gasteiger partial charge in [-0.25, -0.2) is 9.59 Å². The number of carbonyl (C=O) groups is 2. The lowest BCUT2D eigenvalue weighted by molar-refractivity contribution is -0.385. The Balaban J connectivity index is 3.18. The van der Waals surface area contributed by atoms with Crippen LogP contribution in [0.15, 0.2) is 12.1 Å². The summed E-state index contributed by atoms with van der Waals surface area (Å²) in [6.07, 6.45) is 0.320. The van der Waals surface area contributed by atoms with Crippen LogP contribution in [-0.2, 0) is 16.0 Å². The second-order valence-corrected chi connectivity index (χ2v) is 3.99. The van der Waals surface area contributed by atoms with Gasteiger partial charge in [0.15, 0.2) is 6.61 Å². The number of aromatic carboxylic acids is 1. The smallest absolute Gasteiger partial charge is 0.344 e. The van der Waals surface area contributed by atoms with Crippen LogP contribution in [0.3, 0.4) is 0 Å². The molecule has 8 nitrogen and oxygen atoms in total. The molecule has 1 aromatic carbocycles. The lowest BCUT2D eigenvalue weighted by atomic mass is 10.1. The topological polar surface area (TPSA) is 116 Å². The fourth-order valence-corrected chi connectivity index (χ4v) is 1.70. The molecule has 0 aliphatic carbocycles. The zero-order valence-electron chi connectivity index (χ0n) is 11.6. The van der Waals surface area contributed by atoms with Crippen molar-refractivity contribution in [1.82, 2.24) is 0 Å². The van der Waals surface area contributed by atoms with Crippen molar-refractivity contribution in [1.29, 1.82) is 0 Å². The summed E-state index contributed by atoms with van der Waals surface area (Å²) in [7, 11) is 0. The number of nitro groups is 1. The number of hydrogen-bond donors (Lipinski definition) is 1. The first-order chi connectivity index (χ1) is 9.90. The summed E-state index contributed by atoms with van der Waals surface area (Å²) in [6, 6.07) is 2.13. The maximum absolute atomic E-state index is 11.3. The highest BCUT2D eigenvalue weighted by atomic mass is 16.6. The van der Waals surface area contributed by atoms with Crippen molar-refractivity contribution in [2.24, 2.45) is 0 Å². The van der Waals surface area contributed by atoms with E-state index < -0.39 is 23.5 Å². The number of carbonyl (C=O) groups excluding carboxylic acids is 1. The largest absolute Gasteiger partial charge is 0.481 e. The Labute approximate surface area is 120 Å². The second-order valence-electron chi connectivity index (χ2n) is 3.99. The van der Waals surface area contributed by atoms with Crippen molar-refractivity contribution in [2.45, 2.75) is 20.3 Å². The van der Waals surface area contributed by atoms with Crippen molar-refractivity contribution >= 4 is 17.6 Å². The highest BCUT2D eigenvalue weighted by Gasteiger charge is 2.22. The van der Waals surface area contributed by atoms with Crippen molar-refractivity contribution in [2.75, 3.05) is 13.2 Å². The molecule has 0 amide bonds. The van der Waals surface area contributed by atoms with Gasteiger partial charge in [-0.1, -0.05) is 6.92 Å². The van der Waals surface area contributed by atoms with E-state index >= 15 is 0 Å². The van der Waals surface area contributed by atoms with Gasteiger partial charge in [0.05, 0.1) is 11.5 Å². The van der Waals surface area contributed by atoms with E-state index in [1.807, 2.05) is 0 Å². The van der Waals surface area contributed by atoms with Crippen LogP contribution in [-0.4, -0.2) is 35.2 Å². The first-order valence-electron chi connectivity index (χ1n) is 6.23. The molecule has 1 aromatic rings. The summed E-state index contributed by atoms with van der Waals surface area (Å²) in [4.78, 5) is 32.6. The molecular formula is C13H15NO7. The maximum Gasteiger partial charge on any atom is 0.344 e. The number of benzene rings is 1. The number of nitrogens with zero attached hydrogens (tertiary/aromatic N) is 1. The SMILES string of the molecule is CCOC(=O)COc1c(CC)cc([N+](=O)[O-])cc1C(=O)O. The van der Waals surface area contributed by atoms with E-state index in [2.05, 4.69) is 4.74 Å². The van der Waals surface area contributed by atoms with E-state index in [-0.39, 0.29) is 23.6 Å². The summed E-state index contributed by atoms with van der Waals surface area (Å²) in [5.74, 6) is -2.06. The molecule has 0 radical (unpaired) electrons. The van der Waals surface area contributed by atoms with Gasteiger partial charge in [-0.05, 0) is 13.3 Å². The average Bonchev–Trinajstić information content (AvgIpc) is 2.44. The fraction of sp³-hybridized carbons (Fsp3) is 0.385. The summed E-state index contributed by atoms with van der Waals surface area (Å²) in [5, 5.41) is 19.9. The monoisotopic (exact) mass is 297 g/mol. The molecular weight excluding hydrogens is 282 g/mol. The number of rotatable bonds is 7. The Bertz CT molecular complexity index is 568. The lowest BCUT2D eigenvalue weighted by Crippen LogP contribution is -2.17. The van der Waals surface area contributed by atoms with Gasteiger partial charge in [0.25, 0.3) is 5.69 Å². The van der Waals surface area contributed by atoms with Crippen LogP contribution < -0.4 is 4.74 Å². The van der Waals surface area contributed by atoms with E-state index in [1.54, 1.807) is 13.8 Å². The number of non-ortho nitro benzene ring substituents is 1. The molecule has 0 saturated heterocycles. The van der Waals surface area contributed by atoms with Crippen LogP contribution in [0.2, 0.25) is 0 Å².